The van der Waals surface area contributed by atoms with Crippen LogP contribution in [0.5, 0.6) is 0 Å². The minimum absolute atomic E-state index is 0.232. The molecule has 0 spiro atoms. The Labute approximate surface area is 46.7 Å². The molecule has 0 aliphatic carbocycles. The molecule has 0 fully saturated rings. The molecule has 0 atom stereocenters. The molecule has 0 bridgehead atoms. The van der Waals surface area contributed by atoms with Crippen molar-refractivity contribution in [2.75, 3.05) is 0 Å². The van der Waals surface area contributed by atoms with Crippen LogP contribution in [0.4, 0.5) is 4.39 Å². The van der Waals surface area contributed by atoms with E-state index >= 15 is 0 Å². The van der Waals surface area contributed by atoms with Gasteiger partial charge in [-0.05, 0) is 0 Å². The van der Waals surface area contributed by atoms with Gasteiger partial charge in [0.1, 0.15) is 5.78 Å². The summed E-state index contributed by atoms with van der Waals surface area (Å²) in [6.45, 7) is 1.59. The van der Waals surface area contributed by atoms with Crippen molar-refractivity contribution >= 4 is 11.8 Å². The molecular formula is C5H7FO2. The lowest BCUT2D eigenvalue weighted by molar-refractivity contribution is -0.133. The molecular weight excluding hydrogens is 111 g/mol. The van der Waals surface area contributed by atoms with Gasteiger partial charge < -0.3 is 0 Å². The van der Waals surface area contributed by atoms with Gasteiger partial charge in [-0.1, -0.05) is 6.92 Å². The molecule has 2 nitrogen and oxygen atoms in total. The Balaban J connectivity index is 3.40. The average Bonchev–Trinajstić information content (AvgIpc) is 1.65. The van der Waals surface area contributed by atoms with Crippen LogP contribution in [0.1, 0.15) is 19.8 Å². The summed E-state index contributed by atoms with van der Waals surface area (Å²) < 4.78 is 11.3. The molecule has 0 aliphatic rings. The van der Waals surface area contributed by atoms with Crippen LogP contribution in [0, 0.1) is 0 Å². The minimum Gasteiger partial charge on any atom is -0.299 e. The third-order valence-electron chi connectivity index (χ3n) is 0.730. The lowest BCUT2D eigenvalue weighted by Crippen LogP contribution is -2.00. The molecule has 0 unspecified atom stereocenters. The molecule has 3 heteroatoms. The number of Topliss-reactive ketones (excluding diaryl/α,β-unsaturated/α-hetero) is 1. The highest BCUT2D eigenvalue weighted by Gasteiger charge is 2.03. The fourth-order valence-electron chi connectivity index (χ4n) is 0.280. The van der Waals surface area contributed by atoms with E-state index in [1.807, 2.05) is 0 Å². The smallest absolute Gasteiger partial charge is 0.299 e. The maximum atomic E-state index is 11.3. The highest BCUT2D eigenvalue weighted by atomic mass is 19.1. The molecule has 0 saturated heterocycles. The summed E-state index contributed by atoms with van der Waals surface area (Å²) in [4.78, 5) is 19.7. The molecule has 0 radical (unpaired) electrons. The summed E-state index contributed by atoms with van der Waals surface area (Å²) in [7, 11) is 0. The van der Waals surface area contributed by atoms with E-state index in [0.717, 1.165) is 0 Å². The number of carbonyl (C=O) groups is 2. The zero-order chi connectivity index (χ0) is 6.57. The van der Waals surface area contributed by atoms with E-state index in [1.165, 1.54) is 0 Å². The first-order valence-electron chi connectivity index (χ1n) is 2.36. The van der Waals surface area contributed by atoms with Crippen LogP contribution in [-0.4, -0.2) is 11.8 Å². The lowest BCUT2D eigenvalue weighted by atomic mass is 10.2. The van der Waals surface area contributed by atoms with Crippen molar-refractivity contribution in [3.8, 4) is 0 Å². The Bertz CT molecular complexity index is 109. The first-order valence-corrected chi connectivity index (χ1v) is 2.36. The number of hydrogen-bond acceptors (Lipinski definition) is 2. The summed E-state index contributed by atoms with van der Waals surface area (Å²) in [5, 5.41) is 0. The molecule has 46 valence electrons. The van der Waals surface area contributed by atoms with Crippen LogP contribution < -0.4 is 0 Å². The van der Waals surface area contributed by atoms with E-state index < -0.39 is 12.5 Å². The van der Waals surface area contributed by atoms with Gasteiger partial charge in [0, 0.05) is 6.42 Å². The Kier molecular flexibility index (Phi) is 2.99. The van der Waals surface area contributed by atoms with Crippen LogP contribution in [-0.2, 0) is 9.59 Å². The molecule has 0 amide bonds. The van der Waals surface area contributed by atoms with Crippen LogP contribution >= 0.6 is 0 Å². The Morgan fingerprint density at radius 2 is 2.00 bits per heavy atom. The zero-order valence-electron chi connectivity index (χ0n) is 4.61. The van der Waals surface area contributed by atoms with Gasteiger partial charge in [0.05, 0.1) is 6.42 Å². The highest BCUT2D eigenvalue weighted by Crippen LogP contribution is 1.89. The number of hydrogen-bond donors (Lipinski definition) is 0. The van der Waals surface area contributed by atoms with E-state index in [9.17, 15) is 14.0 Å². The van der Waals surface area contributed by atoms with Gasteiger partial charge in [0.25, 0.3) is 0 Å². The second-order valence-electron chi connectivity index (χ2n) is 1.42. The van der Waals surface area contributed by atoms with Crippen LogP contribution in [0.3, 0.4) is 0 Å². The standard InChI is InChI=1S/C5H7FO2/c1-2-4(7)3-5(6)8/h2-3H2,1H3. The molecule has 0 aromatic heterocycles. The first-order chi connectivity index (χ1) is 3.66. The van der Waals surface area contributed by atoms with Crippen molar-refractivity contribution in [3.63, 3.8) is 0 Å². The Morgan fingerprint density at radius 3 is 2.12 bits per heavy atom. The summed E-state index contributed by atoms with van der Waals surface area (Å²) in [6.07, 6.45) is -0.327. The van der Waals surface area contributed by atoms with E-state index in [-0.39, 0.29) is 12.2 Å². The van der Waals surface area contributed by atoms with Gasteiger partial charge in [0.15, 0.2) is 0 Å². The van der Waals surface area contributed by atoms with Crippen molar-refractivity contribution in [3.05, 3.63) is 0 Å². The fraction of sp³-hybridized carbons (Fsp3) is 0.600. The maximum Gasteiger partial charge on any atom is 0.308 e. The van der Waals surface area contributed by atoms with E-state index in [4.69, 9.17) is 0 Å². The number of rotatable bonds is 3. The van der Waals surface area contributed by atoms with E-state index in [0.29, 0.717) is 0 Å². The number of carbonyl (C=O) groups excluding carboxylic acids is 2. The molecule has 0 aromatic carbocycles. The van der Waals surface area contributed by atoms with Crippen LogP contribution in [0.15, 0.2) is 0 Å². The summed E-state index contributed by atoms with van der Waals surface area (Å²) in [6, 6.07) is -1.54. The molecule has 0 heterocycles. The number of halogens is 1. The van der Waals surface area contributed by atoms with Crippen molar-refractivity contribution in [1.29, 1.82) is 0 Å². The summed E-state index contributed by atoms with van der Waals surface area (Å²) in [5.74, 6) is -0.350. The SMILES string of the molecule is CCC(=O)CC(=O)F. The van der Waals surface area contributed by atoms with Gasteiger partial charge in [-0.25, -0.2) is 0 Å². The van der Waals surface area contributed by atoms with E-state index in [2.05, 4.69) is 0 Å². The maximum absolute atomic E-state index is 11.3. The molecule has 0 aliphatic heterocycles. The molecule has 8 heavy (non-hydrogen) atoms. The minimum atomic E-state index is -1.54. The second-order valence-corrected chi connectivity index (χ2v) is 1.42. The fourth-order valence-corrected chi connectivity index (χ4v) is 0.280. The average molecular weight is 118 g/mol. The highest BCUT2D eigenvalue weighted by molar-refractivity contribution is 5.94. The van der Waals surface area contributed by atoms with E-state index in [1.54, 1.807) is 6.92 Å². The third-order valence-corrected chi connectivity index (χ3v) is 0.730. The van der Waals surface area contributed by atoms with Crippen molar-refractivity contribution < 1.29 is 14.0 Å². The monoisotopic (exact) mass is 118 g/mol. The topological polar surface area (TPSA) is 34.1 Å². The van der Waals surface area contributed by atoms with Gasteiger partial charge in [0.2, 0.25) is 0 Å². The first kappa shape index (κ1) is 7.27. The van der Waals surface area contributed by atoms with Crippen LogP contribution in [0.25, 0.3) is 0 Å². The molecule has 0 aromatic rings. The van der Waals surface area contributed by atoms with Gasteiger partial charge >= 0.3 is 6.04 Å². The largest absolute Gasteiger partial charge is 0.308 e. The number of ketones is 1. The van der Waals surface area contributed by atoms with Gasteiger partial charge in [-0.15, -0.1) is 0 Å². The normalized spacial score (nSPS) is 8.75. The van der Waals surface area contributed by atoms with Gasteiger partial charge in [-0.2, -0.15) is 4.39 Å². The molecule has 0 rings (SSSR count). The Hall–Kier alpha value is -0.730. The van der Waals surface area contributed by atoms with Gasteiger partial charge in [-0.3, -0.25) is 9.59 Å². The molecule has 0 saturated carbocycles. The lowest BCUT2D eigenvalue weighted by Gasteiger charge is -1.84. The van der Waals surface area contributed by atoms with Crippen molar-refractivity contribution in [1.82, 2.24) is 0 Å². The quantitative estimate of drug-likeness (QED) is 0.406. The van der Waals surface area contributed by atoms with Crippen molar-refractivity contribution in [2.24, 2.45) is 0 Å². The summed E-state index contributed by atoms with van der Waals surface area (Å²) in [5.41, 5.74) is 0. The Morgan fingerprint density at radius 1 is 1.50 bits per heavy atom. The predicted molar refractivity (Wildman–Crippen MR) is 26.0 cm³/mol. The molecule has 0 N–H and O–H groups in total. The predicted octanol–water partition coefficient (Wildman–Crippen LogP) is 0.852. The van der Waals surface area contributed by atoms with Crippen molar-refractivity contribution in [2.45, 2.75) is 19.8 Å². The van der Waals surface area contributed by atoms with Crippen LogP contribution in [0.2, 0.25) is 0 Å². The zero-order valence-corrected chi connectivity index (χ0v) is 4.61. The second kappa shape index (κ2) is 3.29. The third kappa shape index (κ3) is 3.46. The summed E-state index contributed by atoms with van der Waals surface area (Å²) >= 11 is 0.